The van der Waals surface area contributed by atoms with Crippen LogP contribution >= 0.6 is 0 Å². The third-order valence-electron chi connectivity index (χ3n) is 3.63. The van der Waals surface area contributed by atoms with Gasteiger partial charge in [-0.1, -0.05) is 26.2 Å². The third kappa shape index (κ3) is 3.57. The SMILES string of the molecule is CCCCCCn1c(CCCN)nc2cc(F)ccc21. The Balaban J connectivity index is 2.22. The molecule has 2 aromatic rings. The summed E-state index contributed by atoms with van der Waals surface area (Å²) in [5, 5.41) is 0. The molecule has 0 aliphatic heterocycles. The van der Waals surface area contributed by atoms with Gasteiger partial charge < -0.3 is 10.3 Å². The summed E-state index contributed by atoms with van der Waals surface area (Å²) in [6, 6.07) is 4.87. The standard InChI is InChI=1S/C16H24FN3/c1-2-3-4-5-11-20-15-9-8-13(17)12-14(15)19-16(20)7-6-10-18/h8-9,12H,2-7,10-11,18H2,1H3. The van der Waals surface area contributed by atoms with Crippen molar-refractivity contribution in [2.75, 3.05) is 6.54 Å². The van der Waals surface area contributed by atoms with E-state index < -0.39 is 0 Å². The Morgan fingerprint density at radius 2 is 2.05 bits per heavy atom. The Morgan fingerprint density at radius 3 is 2.80 bits per heavy atom. The van der Waals surface area contributed by atoms with Gasteiger partial charge in [-0.15, -0.1) is 0 Å². The predicted molar refractivity (Wildman–Crippen MR) is 81.2 cm³/mol. The lowest BCUT2D eigenvalue weighted by atomic mass is 10.2. The number of rotatable bonds is 8. The molecule has 3 nitrogen and oxygen atoms in total. The fourth-order valence-corrected chi connectivity index (χ4v) is 2.55. The van der Waals surface area contributed by atoms with Gasteiger partial charge in [0, 0.05) is 19.0 Å². The van der Waals surface area contributed by atoms with Crippen molar-refractivity contribution in [3.05, 3.63) is 29.8 Å². The molecule has 0 saturated carbocycles. The molecule has 0 radical (unpaired) electrons. The van der Waals surface area contributed by atoms with Crippen LogP contribution in [0.3, 0.4) is 0 Å². The fourth-order valence-electron chi connectivity index (χ4n) is 2.55. The van der Waals surface area contributed by atoms with E-state index in [0.717, 1.165) is 42.7 Å². The quantitative estimate of drug-likeness (QED) is 0.748. The van der Waals surface area contributed by atoms with E-state index in [4.69, 9.17) is 5.73 Å². The number of imidazole rings is 1. The second-order valence-corrected chi connectivity index (χ2v) is 5.27. The van der Waals surface area contributed by atoms with Crippen LogP contribution < -0.4 is 5.73 Å². The molecule has 20 heavy (non-hydrogen) atoms. The van der Waals surface area contributed by atoms with Gasteiger partial charge in [-0.3, -0.25) is 0 Å². The molecule has 0 bridgehead atoms. The fraction of sp³-hybridized carbons (Fsp3) is 0.562. The van der Waals surface area contributed by atoms with Crippen molar-refractivity contribution in [3.63, 3.8) is 0 Å². The molecule has 1 heterocycles. The molecule has 1 aromatic heterocycles. The van der Waals surface area contributed by atoms with E-state index in [1.54, 1.807) is 0 Å². The first-order chi connectivity index (χ1) is 9.76. The minimum Gasteiger partial charge on any atom is -0.330 e. The summed E-state index contributed by atoms with van der Waals surface area (Å²) in [4.78, 5) is 4.58. The number of aromatic nitrogens is 2. The normalized spacial score (nSPS) is 11.3. The lowest BCUT2D eigenvalue weighted by molar-refractivity contribution is 0.570. The van der Waals surface area contributed by atoms with E-state index in [1.165, 1.54) is 31.4 Å². The number of fused-ring (bicyclic) bond motifs is 1. The number of nitrogens with two attached hydrogens (primary N) is 1. The van der Waals surface area contributed by atoms with Crippen LogP contribution in [-0.4, -0.2) is 16.1 Å². The smallest absolute Gasteiger partial charge is 0.125 e. The van der Waals surface area contributed by atoms with Crippen LogP contribution in [0.15, 0.2) is 18.2 Å². The van der Waals surface area contributed by atoms with E-state index in [0.29, 0.717) is 6.54 Å². The number of hydrogen-bond donors (Lipinski definition) is 1. The number of hydrogen-bond acceptors (Lipinski definition) is 2. The molecule has 0 aliphatic carbocycles. The van der Waals surface area contributed by atoms with Gasteiger partial charge in [-0.25, -0.2) is 9.37 Å². The summed E-state index contributed by atoms with van der Waals surface area (Å²) in [6.45, 7) is 3.83. The van der Waals surface area contributed by atoms with Crippen LogP contribution in [0.25, 0.3) is 11.0 Å². The van der Waals surface area contributed by atoms with Gasteiger partial charge in [0.05, 0.1) is 11.0 Å². The topological polar surface area (TPSA) is 43.8 Å². The van der Waals surface area contributed by atoms with Crippen molar-refractivity contribution in [2.45, 2.75) is 52.0 Å². The van der Waals surface area contributed by atoms with E-state index in [9.17, 15) is 4.39 Å². The Hall–Kier alpha value is -1.42. The maximum atomic E-state index is 13.3. The Kier molecular flexibility index (Phi) is 5.53. The van der Waals surface area contributed by atoms with Gasteiger partial charge in [-0.2, -0.15) is 0 Å². The molecule has 0 amide bonds. The second-order valence-electron chi connectivity index (χ2n) is 5.27. The minimum absolute atomic E-state index is 0.224. The molecule has 0 saturated heterocycles. The molecule has 0 unspecified atom stereocenters. The first kappa shape index (κ1) is 15.0. The van der Waals surface area contributed by atoms with Crippen molar-refractivity contribution in [1.82, 2.24) is 9.55 Å². The van der Waals surface area contributed by atoms with E-state index in [1.807, 2.05) is 6.07 Å². The van der Waals surface area contributed by atoms with Crippen molar-refractivity contribution in [2.24, 2.45) is 5.73 Å². The lowest BCUT2D eigenvalue weighted by Crippen LogP contribution is -2.07. The Labute approximate surface area is 120 Å². The average Bonchev–Trinajstić information content (AvgIpc) is 2.78. The Morgan fingerprint density at radius 1 is 1.20 bits per heavy atom. The highest BCUT2D eigenvalue weighted by Crippen LogP contribution is 2.19. The first-order valence-corrected chi connectivity index (χ1v) is 7.61. The van der Waals surface area contributed by atoms with Gasteiger partial charge >= 0.3 is 0 Å². The number of nitrogens with zero attached hydrogens (tertiary/aromatic N) is 2. The first-order valence-electron chi connectivity index (χ1n) is 7.61. The molecule has 110 valence electrons. The minimum atomic E-state index is -0.224. The number of aryl methyl sites for hydroxylation is 2. The molecule has 0 atom stereocenters. The largest absolute Gasteiger partial charge is 0.330 e. The summed E-state index contributed by atoms with van der Waals surface area (Å²) in [7, 11) is 0. The van der Waals surface area contributed by atoms with E-state index in [2.05, 4.69) is 16.5 Å². The summed E-state index contributed by atoms with van der Waals surface area (Å²) in [5.74, 6) is 0.811. The molecule has 4 heteroatoms. The van der Waals surface area contributed by atoms with Crippen molar-refractivity contribution >= 4 is 11.0 Å². The highest BCUT2D eigenvalue weighted by molar-refractivity contribution is 5.76. The van der Waals surface area contributed by atoms with Gasteiger partial charge in [0.25, 0.3) is 0 Å². The van der Waals surface area contributed by atoms with Crippen LogP contribution in [-0.2, 0) is 13.0 Å². The van der Waals surface area contributed by atoms with E-state index >= 15 is 0 Å². The van der Waals surface area contributed by atoms with Crippen LogP contribution in [0.1, 0.15) is 44.9 Å². The third-order valence-corrected chi connectivity index (χ3v) is 3.63. The summed E-state index contributed by atoms with van der Waals surface area (Å²) >= 11 is 0. The van der Waals surface area contributed by atoms with Crippen LogP contribution in [0.5, 0.6) is 0 Å². The average molecular weight is 277 g/mol. The predicted octanol–water partition coefficient (Wildman–Crippen LogP) is 3.65. The second kappa shape index (κ2) is 7.39. The van der Waals surface area contributed by atoms with Crippen molar-refractivity contribution < 1.29 is 4.39 Å². The van der Waals surface area contributed by atoms with E-state index in [-0.39, 0.29) is 5.82 Å². The molecule has 0 aliphatic rings. The maximum absolute atomic E-state index is 13.3. The van der Waals surface area contributed by atoms with Crippen molar-refractivity contribution in [3.8, 4) is 0 Å². The molecule has 2 rings (SSSR count). The van der Waals surface area contributed by atoms with Crippen LogP contribution in [0.2, 0.25) is 0 Å². The van der Waals surface area contributed by atoms with Crippen LogP contribution in [0.4, 0.5) is 4.39 Å². The molecular formula is C16H24FN3. The van der Waals surface area contributed by atoms with Gasteiger partial charge in [-0.05, 0) is 31.5 Å². The van der Waals surface area contributed by atoms with Crippen molar-refractivity contribution in [1.29, 1.82) is 0 Å². The molecular weight excluding hydrogens is 253 g/mol. The molecule has 1 aromatic carbocycles. The number of benzene rings is 1. The van der Waals surface area contributed by atoms with Crippen LogP contribution in [0, 0.1) is 5.82 Å². The van der Waals surface area contributed by atoms with Gasteiger partial charge in [0.1, 0.15) is 11.6 Å². The zero-order valence-electron chi connectivity index (χ0n) is 12.2. The highest BCUT2D eigenvalue weighted by atomic mass is 19.1. The Bertz CT molecular complexity index is 548. The summed E-state index contributed by atoms with van der Waals surface area (Å²) < 4.78 is 15.5. The van der Waals surface area contributed by atoms with Gasteiger partial charge in [0.15, 0.2) is 0 Å². The maximum Gasteiger partial charge on any atom is 0.125 e. The van der Waals surface area contributed by atoms with Gasteiger partial charge in [0.2, 0.25) is 0 Å². The lowest BCUT2D eigenvalue weighted by Gasteiger charge is -2.08. The highest BCUT2D eigenvalue weighted by Gasteiger charge is 2.10. The molecule has 2 N–H and O–H groups in total. The number of halogens is 1. The number of unbranched alkanes of at least 4 members (excludes halogenated alkanes) is 3. The summed E-state index contributed by atoms with van der Waals surface area (Å²) in [5.41, 5.74) is 7.38. The zero-order valence-corrected chi connectivity index (χ0v) is 12.2. The monoisotopic (exact) mass is 277 g/mol. The molecule has 0 spiro atoms. The zero-order chi connectivity index (χ0) is 14.4. The summed E-state index contributed by atoms with van der Waals surface area (Å²) in [6.07, 6.45) is 6.65. The molecule has 0 fully saturated rings.